The van der Waals surface area contributed by atoms with Crippen LogP contribution in [-0.4, -0.2) is 22.1 Å². The van der Waals surface area contributed by atoms with Crippen LogP contribution in [-0.2, 0) is 4.79 Å². The summed E-state index contributed by atoms with van der Waals surface area (Å²) in [7, 11) is 0. The molecule has 0 fully saturated rings. The normalized spacial score (nSPS) is 15.9. The number of hydrogen-bond acceptors (Lipinski definition) is 2. The molecule has 1 aromatic carbocycles. The number of aromatic amines is 1. The topological polar surface area (TPSA) is 65.1 Å². The van der Waals surface area contributed by atoms with Crippen LogP contribution in [0.5, 0.6) is 0 Å². The maximum atomic E-state index is 12.2. The third kappa shape index (κ3) is 2.67. The van der Waals surface area contributed by atoms with Crippen LogP contribution < -0.4 is 5.32 Å². The highest BCUT2D eigenvalue weighted by Gasteiger charge is 2.26. The van der Waals surface area contributed by atoms with E-state index in [1.165, 1.54) is 0 Å². The van der Waals surface area contributed by atoms with Gasteiger partial charge in [0.25, 0.3) is 5.91 Å². The summed E-state index contributed by atoms with van der Waals surface area (Å²) in [5, 5.41) is 12.5. The fraction of sp³-hybridized carbons (Fsp3) is 0.167. The molecule has 1 atom stereocenters. The van der Waals surface area contributed by atoms with Crippen LogP contribution in [0.2, 0.25) is 0 Å². The van der Waals surface area contributed by atoms with E-state index >= 15 is 0 Å². The molecule has 1 aliphatic heterocycles. The summed E-state index contributed by atoms with van der Waals surface area (Å²) in [5.74, 6) is 5.64. The summed E-state index contributed by atoms with van der Waals surface area (Å²) in [6, 6.07) is 9.33. The van der Waals surface area contributed by atoms with Gasteiger partial charge >= 0.3 is 0 Å². The van der Waals surface area contributed by atoms with E-state index in [-0.39, 0.29) is 5.91 Å². The van der Waals surface area contributed by atoms with Gasteiger partial charge in [-0.3, -0.25) is 4.79 Å². The van der Waals surface area contributed by atoms with E-state index in [0.717, 1.165) is 22.5 Å². The molecular formula is C18H16N2O2. The highest BCUT2D eigenvalue weighted by Crippen LogP contribution is 2.35. The highest BCUT2D eigenvalue weighted by atomic mass is 16.3. The van der Waals surface area contributed by atoms with E-state index in [1.54, 1.807) is 0 Å². The van der Waals surface area contributed by atoms with Gasteiger partial charge in [-0.15, -0.1) is 0 Å². The highest BCUT2D eigenvalue weighted by molar-refractivity contribution is 6.35. The number of H-pyrrole nitrogens is 1. The Labute approximate surface area is 128 Å². The van der Waals surface area contributed by atoms with E-state index in [4.69, 9.17) is 0 Å². The van der Waals surface area contributed by atoms with Gasteiger partial charge in [-0.05, 0) is 36.8 Å². The first-order chi connectivity index (χ1) is 10.7. The number of aliphatic hydroxyl groups excluding tert-OH is 1. The summed E-state index contributed by atoms with van der Waals surface area (Å²) in [6.45, 7) is 1.87. The van der Waals surface area contributed by atoms with Crippen molar-refractivity contribution in [1.82, 2.24) is 4.98 Å². The third-order valence-electron chi connectivity index (χ3n) is 3.51. The Morgan fingerprint density at radius 1 is 1.32 bits per heavy atom. The summed E-state index contributed by atoms with van der Waals surface area (Å²) < 4.78 is 0. The first kappa shape index (κ1) is 14.2. The molecule has 1 amide bonds. The lowest BCUT2D eigenvalue weighted by molar-refractivity contribution is -0.110. The number of amides is 1. The Morgan fingerprint density at radius 3 is 2.91 bits per heavy atom. The third-order valence-corrected chi connectivity index (χ3v) is 3.51. The maximum Gasteiger partial charge on any atom is 0.256 e. The zero-order valence-corrected chi connectivity index (χ0v) is 12.2. The number of aromatic nitrogens is 1. The molecule has 2 aromatic rings. The summed E-state index contributed by atoms with van der Waals surface area (Å²) in [5.41, 5.74) is 3.71. The molecule has 3 rings (SSSR count). The van der Waals surface area contributed by atoms with E-state index in [2.05, 4.69) is 22.1 Å². The van der Waals surface area contributed by atoms with Gasteiger partial charge in [0, 0.05) is 23.0 Å². The summed E-state index contributed by atoms with van der Waals surface area (Å²) in [4.78, 5) is 15.3. The first-order valence-corrected chi connectivity index (χ1v) is 7.18. The van der Waals surface area contributed by atoms with Gasteiger partial charge < -0.3 is 15.4 Å². The van der Waals surface area contributed by atoms with Gasteiger partial charge in [-0.2, -0.15) is 0 Å². The van der Waals surface area contributed by atoms with Gasteiger partial charge in [0.15, 0.2) is 0 Å². The van der Waals surface area contributed by atoms with Gasteiger partial charge in [-0.1, -0.05) is 24.8 Å². The van der Waals surface area contributed by atoms with Crippen molar-refractivity contribution in [3.05, 3.63) is 53.3 Å². The molecule has 1 unspecified atom stereocenters. The van der Waals surface area contributed by atoms with Crippen LogP contribution in [0, 0.1) is 11.8 Å². The number of carbonyl (C=O) groups is 1. The van der Waals surface area contributed by atoms with E-state index < -0.39 is 6.10 Å². The minimum atomic E-state index is -0.656. The lowest BCUT2D eigenvalue weighted by atomic mass is 9.99. The van der Waals surface area contributed by atoms with Crippen molar-refractivity contribution in [3.8, 4) is 11.8 Å². The van der Waals surface area contributed by atoms with Crippen molar-refractivity contribution in [2.24, 2.45) is 0 Å². The average molecular weight is 292 g/mol. The second kappa shape index (κ2) is 5.92. The van der Waals surface area contributed by atoms with Gasteiger partial charge in [0.05, 0.1) is 11.3 Å². The Bertz CT molecular complexity index is 792. The Hall–Kier alpha value is -2.77. The molecule has 2 heterocycles. The average Bonchev–Trinajstić information content (AvgIpc) is 3.14. The van der Waals surface area contributed by atoms with Crippen molar-refractivity contribution < 1.29 is 9.90 Å². The van der Waals surface area contributed by atoms with E-state index in [1.807, 2.05) is 49.5 Å². The predicted octanol–water partition coefficient (Wildman–Crippen LogP) is 2.63. The number of benzene rings is 1. The number of carbonyl (C=O) groups excluding carboxylic acids is 1. The zero-order valence-electron chi connectivity index (χ0n) is 12.2. The standard InChI is InChI=1S/C18H16N2O2/c1-2-14(21)9-8-12-5-3-7-16-17(12)15(18(22)20-16)11-13-6-4-10-19-13/h3-7,10-11,14,19,21H,2H2,1H3,(H,20,22). The summed E-state index contributed by atoms with van der Waals surface area (Å²) >= 11 is 0. The van der Waals surface area contributed by atoms with Crippen LogP contribution in [0.3, 0.4) is 0 Å². The van der Waals surface area contributed by atoms with E-state index in [0.29, 0.717) is 12.0 Å². The lowest BCUT2D eigenvalue weighted by Gasteiger charge is -2.02. The Kier molecular flexibility index (Phi) is 3.82. The van der Waals surface area contributed by atoms with Crippen molar-refractivity contribution in [2.75, 3.05) is 5.32 Å². The molecule has 0 bridgehead atoms. The van der Waals surface area contributed by atoms with Crippen LogP contribution in [0.1, 0.15) is 30.2 Å². The van der Waals surface area contributed by atoms with Crippen molar-refractivity contribution >= 4 is 23.2 Å². The molecule has 110 valence electrons. The molecule has 22 heavy (non-hydrogen) atoms. The first-order valence-electron chi connectivity index (χ1n) is 7.18. The molecule has 4 heteroatoms. The monoisotopic (exact) mass is 292 g/mol. The molecule has 0 aliphatic carbocycles. The molecule has 0 spiro atoms. The number of nitrogens with one attached hydrogen (secondary N) is 2. The maximum absolute atomic E-state index is 12.2. The van der Waals surface area contributed by atoms with E-state index in [9.17, 15) is 9.90 Å². The minimum absolute atomic E-state index is 0.144. The Morgan fingerprint density at radius 2 is 2.18 bits per heavy atom. The second-order valence-corrected chi connectivity index (χ2v) is 5.06. The quantitative estimate of drug-likeness (QED) is 0.588. The van der Waals surface area contributed by atoms with Crippen molar-refractivity contribution in [2.45, 2.75) is 19.4 Å². The number of aliphatic hydroxyl groups is 1. The molecule has 3 N–H and O–H groups in total. The zero-order chi connectivity index (χ0) is 15.5. The number of hydrogen-bond donors (Lipinski definition) is 3. The van der Waals surface area contributed by atoms with Crippen LogP contribution in [0.4, 0.5) is 5.69 Å². The fourth-order valence-corrected chi connectivity index (χ4v) is 2.34. The minimum Gasteiger partial charge on any atom is -0.380 e. The molecule has 4 nitrogen and oxygen atoms in total. The molecule has 0 saturated heterocycles. The molecule has 1 aliphatic rings. The van der Waals surface area contributed by atoms with Crippen LogP contribution >= 0.6 is 0 Å². The fourth-order valence-electron chi connectivity index (χ4n) is 2.34. The van der Waals surface area contributed by atoms with Crippen molar-refractivity contribution in [1.29, 1.82) is 0 Å². The van der Waals surface area contributed by atoms with Crippen LogP contribution in [0.25, 0.3) is 11.6 Å². The molecule has 0 radical (unpaired) electrons. The summed E-state index contributed by atoms with van der Waals surface area (Å²) in [6.07, 6.45) is 3.54. The smallest absolute Gasteiger partial charge is 0.256 e. The molecular weight excluding hydrogens is 276 g/mol. The van der Waals surface area contributed by atoms with Crippen molar-refractivity contribution in [3.63, 3.8) is 0 Å². The van der Waals surface area contributed by atoms with Gasteiger partial charge in [0.1, 0.15) is 6.10 Å². The largest absolute Gasteiger partial charge is 0.380 e. The number of fused-ring (bicyclic) bond motifs is 1. The molecule has 1 aromatic heterocycles. The van der Waals surface area contributed by atoms with Gasteiger partial charge in [-0.25, -0.2) is 0 Å². The Balaban J connectivity index is 2.09. The lowest BCUT2D eigenvalue weighted by Crippen LogP contribution is -2.03. The number of rotatable bonds is 2. The number of anilines is 1. The predicted molar refractivity (Wildman–Crippen MR) is 86.9 cm³/mol. The van der Waals surface area contributed by atoms with Crippen LogP contribution in [0.15, 0.2) is 36.5 Å². The second-order valence-electron chi connectivity index (χ2n) is 5.06. The SMILES string of the molecule is CCC(O)C#Cc1cccc2c1C(=Cc1ccc[nH]1)C(=O)N2. The van der Waals surface area contributed by atoms with Gasteiger partial charge in [0.2, 0.25) is 0 Å². The molecule has 0 saturated carbocycles.